The van der Waals surface area contributed by atoms with E-state index in [1.54, 1.807) is 0 Å². The van der Waals surface area contributed by atoms with Crippen LogP contribution in [0.2, 0.25) is 0 Å². The van der Waals surface area contributed by atoms with Crippen molar-refractivity contribution in [2.45, 2.75) is 117 Å². The van der Waals surface area contributed by atoms with E-state index in [-0.39, 0.29) is 34.4 Å². The predicted octanol–water partition coefficient (Wildman–Crippen LogP) is 5.44. The van der Waals surface area contributed by atoms with Crippen molar-refractivity contribution in [3.05, 3.63) is 0 Å². The number of hydrogen-bond donors (Lipinski definition) is 1. The maximum Gasteiger partial charge on any atom is 0.311 e. The zero-order valence-electron chi connectivity index (χ0n) is 20.3. The molecule has 0 spiro atoms. The van der Waals surface area contributed by atoms with Crippen LogP contribution in [0, 0.1) is 28.6 Å². The van der Waals surface area contributed by atoms with E-state index in [0.717, 1.165) is 44.9 Å². The van der Waals surface area contributed by atoms with Gasteiger partial charge in [-0.05, 0) is 87.9 Å². The fraction of sp³-hybridized carbons (Fsp3) is 0.960. The molecule has 0 aromatic rings. The summed E-state index contributed by atoms with van der Waals surface area (Å²) in [6.07, 6.45) is 8.67. The summed E-state index contributed by atoms with van der Waals surface area (Å²) in [5, 5.41) is 12.1. The molecule has 1 heterocycles. The van der Waals surface area contributed by atoms with Crippen molar-refractivity contribution in [2.75, 3.05) is 7.11 Å². The van der Waals surface area contributed by atoms with E-state index in [4.69, 9.17) is 14.5 Å². The molecule has 2 aliphatic carbocycles. The first-order valence-electron chi connectivity index (χ1n) is 12.0. The summed E-state index contributed by atoms with van der Waals surface area (Å²) in [5.74, 6) is 0.250. The second-order valence-electron chi connectivity index (χ2n) is 11.7. The standard InChI is InChI=1S/C25H44O5/c1-17-9-10-20-22(3,4)12-8-13-25(20,27)24(17,6)16-15-23(5)14-11-19(29-30-23)18(2)21(26)28-7/h17-20,27H,8-16H2,1-7H3/t17-,18+,19+,20+,23+,24-,25+/m1/s1. The molecular weight excluding hydrogens is 380 g/mol. The van der Waals surface area contributed by atoms with Crippen LogP contribution in [0.5, 0.6) is 0 Å². The second kappa shape index (κ2) is 8.37. The number of rotatable bonds is 5. The number of hydrogen-bond acceptors (Lipinski definition) is 5. The Balaban J connectivity index is 1.69. The maximum atomic E-state index is 12.1. The Kier molecular flexibility index (Phi) is 6.69. The van der Waals surface area contributed by atoms with Crippen molar-refractivity contribution in [1.29, 1.82) is 0 Å². The lowest BCUT2D eigenvalue weighted by Crippen LogP contribution is -2.63. The fourth-order valence-electron chi connectivity index (χ4n) is 6.82. The Bertz CT molecular complexity index is 623. The smallest absolute Gasteiger partial charge is 0.311 e. The summed E-state index contributed by atoms with van der Waals surface area (Å²) in [4.78, 5) is 23.4. The highest BCUT2D eigenvalue weighted by Gasteiger charge is 2.61. The van der Waals surface area contributed by atoms with Gasteiger partial charge in [0.05, 0.1) is 18.6 Å². The summed E-state index contributed by atoms with van der Waals surface area (Å²) < 4.78 is 4.84. The van der Waals surface area contributed by atoms with Crippen LogP contribution < -0.4 is 0 Å². The van der Waals surface area contributed by atoms with Gasteiger partial charge < -0.3 is 9.84 Å². The minimum Gasteiger partial charge on any atom is -0.469 e. The minimum atomic E-state index is -0.611. The van der Waals surface area contributed by atoms with Crippen LogP contribution in [0.1, 0.15) is 99.3 Å². The average Bonchev–Trinajstić information content (AvgIpc) is 2.69. The van der Waals surface area contributed by atoms with Crippen molar-refractivity contribution < 1.29 is 24.4 Å². The summed E-state index contributed by atoms with van der Waals surface area (Å²) >= 11 is 0. The number of carbonyl (C=O) groups is 1. The number of fused-ring (bicyclic) bond motifs is 1. The molecule has 3 fully saturated rings. The molecule has 0 radical (unpaired) electrons. The van der Waals surface area contributed by atoms with Crippen LogP contribution in [0.4, 0.5) is 0 Å². The molecular formula is C25H44O5. The Morgan fingerprint density at radius 1 is 1.10 bits per heavy atom. The zero-order chi connectivity index (χ0) is 22.4. The van der Waals surface area contributed by atoms with Gasteiger partial charge in [0.2, 0.25) is 0 Å². The first-order chi connectivity index (χ1) is 13.9. The van der Waals surface area contributed by atoms with E-state index < -0.39 is 5.60 Å². The lowest BCUT2D eigenvalue weighted by Gasteiger charge is -2.63. The van der Waals surface area contributed by atoms with Gasteiger partial charge in [0.15, 0.2) is 0 Å². The highest BCUT2D eigenvalue weighted by molar-refractivity contribution is 5.72. The molecule has 0 aromatic carbocycles. The third-order valence-electron chi connectivity index (χ3n) is 9.50. The molecule has 2 saturated carbocycles. The van der Waals surface area contributed by atoms with E-state index in [0.29, 0.717) is 11.8 Å². The molecule has 5 heteroatoms. The lowest BCUT2D eigenvalue weighted by molar-refractivity contribution is -0.412. The molecule has 1 N–H and O–H groups in total. The van der Waals surface area contributed by atoms with E-state index in [1.807, 2.05) is 6.92 Å². The first kappa shape index (κ1) is 24.0. The van der Waals surface area contributed by atoms with Crippen LogP contribution in [0.15, 0.2) is 0 Å². The van der Waals surface area contributed by atoms with Crippen molar-refractivity contribution >= 4 is 5.97 Å². The Morgan fingerprint density at radius 3 is 2.40 bits per heavy atom. The molecule has 30 heavy (non-hydrogen) atoms. The van der Waals surface area contributed by atoms with Crippen LogP contribution >= 0.6 is 0 Å². The normalized spacial score (nSPS) is 44.7. The summed E-state index contributed by atoms with van der Waals surface area (Å²) in [7, 11) is 1.41. The summed E-state index contributed by atoms with van der Waals surface area (Å²) in [5.41, 5.74) is -0.932. The third-order valence-corrected chi connectivity index (χ3v) is 9.50. The predicted molar refractivity (Wildman–Crippen MR) is 117 cm³/mol. The van der Waals surface area contributed by atoms with Gasteiger partial charge in [-0.2, -0.15) is 0 Å². The molecule has 0 unspecified atom stereocenters. The van der Waals surface area contributed by atoms with Gasteiger partial charge in [0, 0.05) is 0 Å². The number of aliphatic hydroxyl groups is 1. The lowest BCUT2D eigenvalue weighted by atomic mass is 9.45. The van der Waals surface area contributed by atoms with E-state index >= 15 is 0 Å². The van der Waals surface area contributed by atoms with Gasteiger partial charge >= 0.3 is 5.97 Å². The topological polar surface area (TPSA) is 65.0 Å². The highest BCUT2D eigenvalue weighted by Crippen LogP contribution is 2.63. The van der Waals surface area contributed by atoms with Gasteiger partial charge in [0.25, 0.3) is 0 Å². The van der Waals surface area contributed by atoms with Crippen molar-refractivity contribution in [3.8, 4) is 0 Å². The largest absolute Gasteiger partial charge is 0.469 e. The second-order valence-corrected chi connectivity index (χ2v) is 11.7. The molecule has 5 nitrogen and oxygen atoms in total. The number of methoxy groups -OCH3 is 1. The molecule has 1 saturated heterocycles. The molecule has 174 valence electrons. The van der Waals surface area contributed by atoms with Crippen molar-refractivity contribution in [2.24, 2.45) is 28.6 Å². The van der Waals surface area contributed by atoms with Gasteiger partial charge in [-0.1, -0.05) is 34.1 Å². The minimum absolute atomic E-state index is 0.129. The molecule has 0 amide bonds. The van der Waals surface area contributed by atoms with E-state index in [2.05, 4.69) is 34.6 Å². The average molecular weight is 425 g/mol. The Labute approximate surface area is 183 Å². The number of esters is 1. The van der Waals surface area contributed by atoms with Crippen LogP contribution in [-0.2, 0) is 19.3 Å². The molecule has 1 aliphatic heterocycles. The Hall–Kier alpha value is -0.650. The van der Waals surface area contributed by atoms with Gasteiger partial charge in [0.1, 0.15) is 11.7 Å². The maximum absolute atomic E-state index is 12.1. The van der Waals surface area contributed by atoms with Gasteiger partial charge in [-0.3, -0.25) is 4.79 Å². The van der Waals surface area contributed by atoms with Crippen LogP contribution in [0.3, 0.4) is 0 Å². The molecule has 0 bridgehead atoms. The molecule has 7 atom stereocenters. The fourth-order valence-corrected chi connectivity index (χ4v) is 6.82. The van der Waals surface area contributed by atoms with Gasteiger partial charge in [-0.25, -0.2) is 9.78 Å². The van der Waals surface area contributed by atoms with E-state index in [1.165, 1.54) is 20.0 Å². The molecule has 3 rings (SSSR count). The molecule has 0 aromatic heterocycles. The van der Waals surface area contributed by atoms with Gasteiger partial charge in [-0.15, -0.1) is 0 Å². The van der Waals surface area contributed by atoms with Crippen molar-refractivity contribution in [1.82, 2.24) is 0 Å². The monoisotopic (exact) mass is 424 g/mol. The summed E-state index contributed by atoms with van der Waals surface area (Å²) in [6.45, 7) is 13.3. The SMILES string of the molecule is COC(=O)[C@@H](C)[C@@H]1CC[C@@](C)(CC[C@]2(C)[C@H](C)CC[C@H]3C(C)(C)CCC[C@]32O)OO1. The third kappa shape index (κ3) is 4.06. The zero-order valence-corrected chi connectivity index (χ0v) is 20.3. The first-order valence-corrected chi connectivity index (χ1v) is 12.0. The van der Waals surface area contributed by atoms with Crippen LogP contribution in [-0.4, -0.2) is 35.5 Å². The van der Waals surface area contributed by atoms with Crippen LogP contribution in [0.25, 0.3) is 0 Å². The Morgan fingerprint density at radius 2 is 1.80 bits per heavy atom. The number of ether oxygens (including phenoxy) is 1. The molecule has 3 aliphatic rings. The quantitative estimate of drug-likeness (QED) is 0.470. The highest BCUT2D eigenvalue weighted by atomic mass is 17.2. The van der Waals surface area contributed by atoms with Crippen molar-refractivity contribution in [3.63, 3.8) is 0 Å². The van der Waals surface area contributed by atoms with E-state index in [9.17, 15) is 9.90 Å². The number of carbonyl (C=O) groups excluding carboxylic acids is 1. The summed E-state index contributed by atoms with van der Waals surface area (Å²) in [6, 6.07) is 0.